The zero-order valence-corrected chi connectivity index (χ0v) is 18.8. The number of fused-ring (bicyclic) bond motifs is 1. The topological polar surface area (TPSA) is 92.5 Å². The Bertz CT molecular complexity index is 1050. The SMILES string of the molecule is COC1CN(C(=O)OCC2CCc3c(sc(CC(=O)/C=C/c4cccnc4)c3C#N)C2)C1. The maximum absolute atomic E-state index is 12.5. The summed E-state index contributed by atoms with van der Waals surface area (Å²) < 4.78 is 10.7. The van der Waals surface area contributed by atoms with Crippen molar-refractivity contribution in [1.29, 1.82) is 5.26 Å². The van der Waals surface area contributed by atoms with E-state index in [1.807, 2.05) is 12.1 Å². The lowest BCUT2D eigenvalue weighted by atomic mass is 9.87. The van der Waals surface area contributed by atoms with Gasteiger partial charge in [0.15, 0.2) is 5.78 Å². The van der Waals surface area contributed by atoms with E-state index < -0.39 is 0 Å². The molecule has 1 atom stereocenters. The lowest BCUT2D eigenvalue weighted by molar-refractivity contribution is -0.113. The van der Waals surface area contributed by atoms with E-state index in [9.17, 15) is 14.9 Å². The first-order chi connectivity index (χ1) is 15.6. The molecule has 1 aliphatic heterocycles. The highest BCUT2D eigenvalue weighted by molar-refractivity contribution is 7.12. The van der Waals surface area contributed by atoms with Crippen LogP contribution in [0, 0.1) is 17.2 Å². The molecule has 32 heavy (non-hydrogen) atoms. The molecule has 0 N–H and O–H groups in total. The minimum absolute atomic E-state index is 0.0432. The Morgan fingerprint density at radius 3 is 2.97 bits per heavy atom. The monoisotopic (exact) mass is 451 g/mol. The lowest BCUT2D eigenvalue weighted by Gasteiger charge is -2.37. The summed E-state index contributed by atoms with van der Waals surface area (Å²) >= 11 is 1.54. The highest BCUT2D eigenvalue weighted by Gasteiger charge is 2.33. The second-order valence-electron chi connectivity index (χ2n) is 8.12. The fourth-order valence-corrected chi connectivity index (χ4v) is 5.43. The van der Waals surface area contributed by atoms with Crippen molar-refractivity contribution in [2.24, 2.45) is 5.92 Å². The number of ketones is 1. The van der Waals surface area contributed by atoms with Crippen LogP contribution in [0.25, 0.3) is 6.08 Å². The average molecular weight is 452 g/mol. The van der Waals surface area contributed by atoms with Crippen LogP contribution in [-0.4, -0.2) is 54.7 Å². The Balaban J connectivity index is 1.34. The fraction of sp³-hybridized carbons (Fsp3) is 0.417. The Labute approximate surface area is 191 Å². The molecule has 0 radical (unpaired) electrons. The third kappa shape index (κ3) is 5.06. The molecule has 1 amide bonds. The molecule has 1 aliphatic carbocycles. The Morgan fingerprint density at radius 1 is 1.41 bits per heavy atom. The summed E-state index contributed by atoms with van der Waals surface area (Å²) in [5.74, 6) is 0.184. The number of likely N-dealkylation sites (tertiary alicyclic amines) is 1. The van der Waals surface area contributed by atoms with Gasteiger partial charge >= 0.3 is 6.09 Å². The predicted octanol–water partition coefficient (Wildman–Crippen LogP) is 3.41. The van der Waals surface area contributed by atoms with Crippen LogP contribution in [-0.2, 0) is 33.5 Å². The molecule has 2 aromatic rings. The summed E-state index contributed by atoms with van der Waals surface area (Å²) in [6, 6.07) is 6.01. The fourth-order valence-electron chi connectivity index (χ4n) is 4.01. The molecule has 1 unspecified atom stereocenters. The molecule has 4 rings (SSSR count). The van der Waals surface area contributed by atoms with Crippen LogP contribution in [0.1, 0.15) is 32.9 Å². The Kier molecular flexibility index (Phi) is 6.98. The van der Waals surface area contributed by atoms with E-state index in [1.165, 1.54) is 0 Å². The van der Waals surface area contributed by atoms with Gasteiger partial charge in [-0.05, 0) is 54.5 Å². The van der Waals surface area contributed by atoms with Crippen LogP contribution in [0.5, 0.6) is 0 Å². The van der Waals surface area contributed by atoms with Crippen LogP contribution < -0.4 is 0 Å². The van der Waals surface area contributed by atoms with E-state index in [-0.39, 0.29) is 30.3 Å². The molecule has 0 aromatic carbocycles. The van der Waals surface area contributed by atoms with Crippen LogP contribution in [0.4, 0.5) is 4.79 Å². The van der Waals surface area contributed by atoms with Gasteiger partial charge in [0.1, 0.15) is 6.07 Å². The van der Waals surface area contributed by atoms with E-state index >= 15 is 0 Å². The number of hydrogen-bond acceptors (Lipinski definition) is 7. The van der Waals surface area contributed by atoms with Crippen molar-refractivity contribution in [3.63, 3.8) is 0 Å². The average Bonchev–Trinajstić information content (AvgIpc) is 3.12. The Hall–Kier alpha value is -3.02. The number of amides is 1. The number of methoxy groups -OCH3 is 1. The molecule has 7 nitrogen and oxygen atoms in total. The second kappa shape index (κ2) is 10.1. The lowest BCUT2D eigenvalue weighted by Crippen LogP contribution is -2.54. The third-order valence-corrected chi connectivity index (χ3v) is 7.17. The van der Waals surface area contributed by atoms with E-state index in [4.69, 9.17) is 9.47 Å². The summed E-state index contributed by atoms with van der Waals surface area (Å²) in [5, 5.41) is 9.70. The van der Waals surface area contributed by atoms with Gasteiger partial charge in [-0.3, -0.25) is 9.78 Å². The molecule has 2 aromatic heterocycles. The first-order valence-corrected chi connectivity index (χ1v) is 11.5. The van der Waals surface area contributed by atoms with Gasteiger partial charge in [0, 0.05) is 35.7 Å². The standard InChI is InChI=1S/C24H25N3O4S/c1-30-19-13-27(14-19)24(29)31-15-17-5-7-20-21(11-25)23(32-22(20)9-17)10-18(28)6-4-16-3-2-8-26-12-16/h2-4,6,8,12,17,19H,5,7,9-10,13-15H2,1H3/b6-4+. The van der Waals surface area contributed by atoms with Crippen LogP contribution in [0.3, 0.4) is 0 Å². The minimum Gasteiger partial charge on any atom is -0.449 e. The van der Waals surface area contributed by atoms with Crippen molar-refractivity contribution in [2.45, 2.75) is 31.8 Å². The minimum atomic E-state index is -0.292. The highest BCUT2D eigenvalue weighted by Crippen LogP contribution is 2.36. The van der Waals surface area contributed by atoms with E-state index in [0.717, 1.165) is 40.1 Å². The molecule has 0 spiro atoms. The largest absolute Gasteiger partial charge is 0.449 e. The summed E-state index contributed by atoms with van der Waals surface area (Å²) in [6.45, 7) is 1.52. The molecule has 8 heteroatoms. The molecule has 1 saturated heterocycles. The van der Waals surface area contributed by atoms with Crippen LogP contribution in [0.2, 0.25) is 0 Å². The third-order valence-electron chi connectivity index (χ3n) is 5.92. The molecule has 2 aliphatic rings. The van der Waals surface area contributed by atoms with Gasteiger partial charge in [-0.25, -0.2) is 4.79 Å². The number of pyridine rings is 1. The van der Waals surface area contributed by atoms with Gasteiger partial charge in [0.05, 0.1) is 31.4 Å². The zero-order chi connectivity index (χ0) is 22.5. The molecular weight excluding hydrogens is 426 g/mol. The number of ether oxygens (including phenoxy) is 2. The zero-order valence-electron chi connectivity index (χ0n) is 18.0. The highest BCUT2D eigenvalue weighted by atomic mass is 32.1. The number of hydrogen-bond donors (Lipinski definition) is 0. The number of carbonyl (C=O) groups is 2. The van der Waals surface area contributed by atoms with Crippen molar-refractivity contribution < 1.29 is 19.1 Å². The van der Waals surface area contributed by atoms with Crippen LogP contribution in [0.15, 0.2) is 30.6 Å². The van der Waals surface area contributed by atoms with Gasteiger partial charge < -0.3 is 14.4 Å². The second-order valence-corrected chi connectivity index (χ2v) is 9.31. The normalized spacial score (nSPS) is 18.1. The van der Waals surface area contributed by atoms with Crippen molar-refractivity contribution >= 4 is 29.3 Å². The molecule has 0 saturated carbocycles. The summed E-state index contributed by atoms with van der Waals surface area (Å²) in [6.07, 6.45) is 9.09. The first kappa shape index (κ1) is 22.2. The predicted molar refractivity (Wildman–Crippen MR) is 120 cm³/mol. The number of carbonyl (C=O) groups excluding carboxylic acids is 2. The van der Waals surface area contributed by atoms with E-state index in [1.54, 1.807) is 47.9 Å². The van der Waals surface area contributed by atoms with Crippen LogP contribution >= 0.6 is 11.3 Å². The van der Waals surface area contributed by atoms with Gasteiger partial charge in [0.25, 0.3) is 0 Å². The van der Waals surface area contributed by atoms with Gasteiger partial charge in [-0.1, -0.05) is 6.07 Å². The molecule has 3 heterocycles. The summed E-state index contributed by atoms with van der Waals surface area (Å²) in [5.41, 5.74) is 2.57. The van der Waals surface area contributed by atoms with Gasteiger partial charge in [-0.15, -0.1) is 11.3 Å². The number of nitrogens with zero attached hydrogens (tertiary/aromatic N) is 3. The molecule has 1 fully saturated rings. The van der Waals surface area contributed by atoms with Crippen molar-refractivity contribution in [1.82, 2.24) is 9.88 Å². The quantitative estimate of drug-likeness (QED) is 0.599. The molecule has 166 valence electrons. The van der Waals surface area contributed by atoms with Gasteiger partial charge in [-0.2, -0.15) is 5.26 Å². The maximum Gasteiger partial charge on any atom is 0.409 e. The molecule has 0 bridgehead atoms. The van der Waals surface area contributed by atoms with Crippen molar-refractivity contribution in [3.05, 3.63) is 57.0 Å². The number of rotatable bonds is 7. The number of thiophene rings is 1. The number of aromatic nitrogens is 1. The van der Waals surface area contributed by atoms with Crippen molar-refractivity contribution in [3.8, 4) is 6.07 Å². The van der Waals surface area contributed by atoms with E-state index in [0.29, 0.717) is 25.3 Å². The first-order valence-electron chi connectivity index (χ1n) is 10.7. The van der Waals surface area contributed by atoms with Gasteiger partial charge in [0.2, 0.25) is 0 Å². The number of nitriles is 1. The number of allylic oxidation sites excluding steroid dienone is 1. The molecular formula is C24H25N3O4S. The summed E-state index contributed by atoms with van der Waals surface area (Å²) in [7, 11) is 1.64. The summed E-state index contributed by atoms with van der Waals surface area (Å²) in [4.78, 5) is 32.2. The smallest absolute Gasteiger partial charge is 0.409 e. The Morgan fingerprint density at radius 2 is 2.25 bits per heavy atom. The van der Waals surface area contributed by atoms with E-state index in [2.05, 4.69) is 11.1 Å². The van der Waals surface area contributed by atoms with Crippen molar-refractivity contribution in [2.75, 3.05) is 26.8 Å². The maximum atomic E-state index is 12.5.